The first-order chi connectivity index (χ1) is 11.5. The number of nitrogens with zero attached hydrogens (tertiary/aromatic N) is 2. The molecule has 1 fully saturated rings. The summed E-state index contributed by atoms with van der Waals surface area (Å²) in [6.45, 7) is 6.27. The lowest BCUT2D eigenvalue weighted by Gasteiger charge is -2.37. The molecule has 3 heterocycles. The van der Waals surface area contributed by atoms with Crippen LogP contribution in [0.5, 0.6) is 0 Å². The molecule has 8 heteroatoms. The molecule has 0 aliphatic carbocycles. The van der Waals surface area contributed by atoms with Crippen molar-refractivity contribution >= 4 is 32.7 Å². The number of likely N-dealkylation sites (N-methyl/N-ethyl adjacent to an activating group) is 1. The van der Waals surface area contributed by atoms with Gasteiger partial charge in [-0.3, -0.25) is 4.90 Å². The summed E-state index contributed by atoms with van der Waals surface area (Å²) in [5.41, 5.74) is 0. The van der Waals surface area contributed by atoms with E-state index < -0.39 is 10.0 Å². The quantitative estimate of drug-likeness (QED) is 0.830. The minimum atomic E-state index is -3.44. The molecule has 0 amide bonds. The fourth-order valence-electron chi connectivity index (χ4n) is 2.84. The Hall–Kier alpha value is -0.770. The number of thiophene rings is 2. The molecular weight excluding hydrogens is 362 g/mol. The monoisotopic (exact) mass is 385 g/mol. The summed E-state index contributed by atoms with van der Waals surface area (Å²) in [4.78, 5) is 6.91. The molecule has 1 aliphatic rings. The van der Waals surface area contributed by atoms with Crippen molar-refractivity contribution in [2.24, 2.45) is 0 Å². The van der Waals surface area contributed by atoms with Crippen molar-refractivity contribution in [3.63, 3.8) is 0 Å². The summed E-state index contributed by atoms with van der Waals surface area (Å²) >= 11 is 3.00. The van der Waals surface area contributed by atoms with Crippen LogP contribution >= 0.6 is 22.7 Å². The van der Waals surface area contributed by atoms with E-state index in [4.69, 9.17) is 0 Å². The molecule has 0 bridgehead atoms. The molecule has 0 radical (unpaired) electrons. The van der Waals surface area contributed by atoms with Gasteiger partial charge in [-0.05, 0) is 37.6 Å². The third kappa shape index (κ3) is 4.25. The van der Waals surface area contributed by atoms with E-state index in [0.717, 1.165) is 31.1 Å². The third-order valence-electron chi connectivity index (χ3n) is 4.30. The standard InChI is InChI=1S/C16H23N3O2S3/c1-13-5-6-16(23-13)24(20,21)17-12-14(15-4-3-11-22-15)19-9-7-18(2)8-10-19/h3-6,11,14,17H,7-10,12H2,1-2H3. The molecule has 1 atom stereocenters. The maximum absolute atomic E-state index is 12.5. The zero-order chi connectivity index (χ0) is 17.2. The van der Waals surface area contributed by atoms with Crippen molar-refractivity contribution < 1.29 is 8.42 Å². The molecule has 3 rings (SSSR count). The second-order valence-corrected chi connectivity index (χ2v) is 10.3. The molecule has 2 aromatic rings. The summed E-state index contributed by atoms with van der Waals surface area (Å²) in [5, 5.41) is 2.05. The number of hydrogen-bond acceptors (Lipinski definition) is 6. The van der Waals surface area contributed by atoms with Crippen LogP contribution in [0.15, 0.2) is 33.9 Å². The molecule has 1 saturated heterocycles. The van der Waals surface area contributed by atoms with Gasteiger partial charge in [0.25, 0.3) is 0 Å². The van der Waals surface area contributed by atoms with E-state index in [1.54, 1.807) is 17.4 Å². The van der Waals surface area contributed by atoms with Crippen molar-refractivity contribution in [3.8, 4) is 0 Å². The van der Waals surface area contributed by atoms with Crippen LogP contribution in [-0.2, 0) is 10.0 Å². The molecule has 1 unspecified atom stereocenters. The van der Waals surface area contributed by atoms with Gasteiger partial charge in [-0.25, -0.2) is 13.1 Å². The van der Waals surface area contributed by atoms with Crippen molar-refractivity contribution in [3.05, 3.63) is 39.4 Å². The fraction of sp³-hybridized carbons (Fsp3) is 0.500. The van der Waals surface area contributed by atoms with Gasteiger partial charge in [0.15, 0.2) is 0 Å². The maximum Gasteiger partial charge on any atom is 0.250 e. The van der Waals surface area contributed by atoms with Gasteiger partial charge in [0.05, 0.1) is 6.04 Å². The van der Waals surface area contributed by atoms with Crippen LogP contribution in [-0.4, -0.2) is 58.0 Å². The van der Waals surface area contributed by atoms with Gasteiger partial charge in [0, 0.05) is 42.5 Å². The summed E-state index contributed by atoms with van der Waals surface area (Å²) in [7, 11) is -1.31. The van der Waals surface area contributed by atoms with Gasteiger partial charge in [-0.15, -0.1) is 22.7 Å². The Morgan fingerprint density at radius 2 is 1.96 bits per heavy atom. The van der Waals surface area contributed by atoms with Crippen LogP contribution in [0.4, 0.5) is 0 Å². The smallest absolute Gasteiger partial charge is 0.250 e. The highest BCUT2D eigenvalue weighted by molar-refractivity contribution is 7.91. The molecule has 0 saturated carbocycles. The molecule has 24 heavy (non-hydrogen) atoms. The highest BCUT2D eigenvalue weighted by Crippen LogP contribution is 2.27. The Morgan fingerprint density at radius 3 is 2.54 bits per heavy atom. The van der Waals surface area contributed by atoms with Gasteiger partial charge in [-0.2, -0.15) is 0 Å². The molecule has 0 spiro atoms. The van der Waals surface area contributed by atoms with E-state index >= 15 is 0 Å². The predicted octanol–water partition coefficient (Wildman–Crippen LogP) is 2.39. The van der Waals surface area contributed by atoms with Crippen molar-refractivity contribution in [2.45, 2.75) is 17.2 Å². The second kappa shape index (κ2) is 7.63. The average molecular weight is 386 g/mol. The Labute approximate surface area is 152 Å². The number of aryl methyl sites for hydroxylation is 1. The first-order valence-electron chi connectivity index (χ1n) is 7.98. The lowest BCUT2D eigenvalue weighted by molar-refractivity contribution is 0.114. The van der Waals surface area contributed by atoms with Gasteiger partial charge in [0.1, 0.15) is 4.21 Å². The Kier molecular flexibility index (Phi) is 5.74. The zero-order valence-corrected chi connectivity index (χ0v) is 16.4. The number of piperazine rings is 1. The van der Waals surface area contributed by atoms with Gasteiger partial charge >= 0.3 is 0 Å². The number of sulfonamides is 1. The second-order valence-electron chi connectivity index (χ2n) is 6.09. The van der Waals surface area contributed by atoms with Crippen LogP contribution in [0.25, 0.3) is 0 Å². The van der Waals surface area contributed by atoms with Gasteiger partial charge in [-0.1, -0.05) is 6.07 Å². The molecule has 2 aromatic heterocycles. The SMILES string of the molecule is Cc1ccc(S(=O)(=O)NCC(c2cccs2)N2CCN(C)CC2)s1. The average Bonchev–Trinajstić information content (AvgIpc) is 3.21. The fourth-order valence-corrected chi connectivity index (χ4v) is 6.07. The summed E-state index contributed by atoms with van der Waals surface area (Å²) in [6.07, 6.45) is 0. The van der Waals surface area contributed by atoms with Gasteiger partial charge < -0.3 is 4.90 Å². The lowest BCUT2D eigenvalue weighted by Crippen LogP contribution is -2.48. The first-order valence-corrected chi connectivity index (χ1v) is 11.2. The number of nitrogens with one attached hydrogen (secondary N) is 1. The van der Waals surface area contributed by atoms with Crippen LogP contribution in [0.2, 0.25) is 0 Å². The molecule has 132 valence electrons. The summed E-state index contributed by atoms with van der Waals surface area (Å²) in [6, 6.07) is 7.74. The molecule has 0 aromatic carbocycles. The first kappa shape index (κ1) is 18.0. The maximum atomic E-state index is 12.5. The minimum Gasteiger partial charge on any atom is -0.304 e. The highest BCUT2D eigenvalue weighted by Gasteiger charge is 2.27. The normalized spacial score (nSPS) is 18.8. The third-order valence-corrected chi connectivity index (χ3v) is 8.19. The molecule has 1 aliphatic heterocycles. The summed E-state index contributed by atoms with van der Waals surface area (Å²) in [5.74, 6) is 0. The van der Waals surface area contributed by atoms with E-state index in [1.807, 2.05) is 19.1 Å². The minimum absolute atomic E-state index is 0.0922. The molecule has 5 nitrogen and oxygen atoms in total. The van der Waals surface area contributed by atoms with E-state index in [9.17, 15) is 8.42 Å². The summed E-state index contributed by atoms with van der Waals surface area (Å²) < 4.78 is 28.3. The van der Waals surface area contributed by atoms with E-state index in [2.05, 4.69) is 33.0 Å². The Balaban J connectivity index is 1.73. The topological polar surface area (TPSA) is 52.7 Å². The largest absolute Gasteiger partial charge is 0.304 e. The Morgan fingerprint density at radius 1 is 1.21 bits per heavy atom. The predicted molar refractivity (Wildman–Crippen MR) is 100 cm³/mol. The number of rotatable bonds is 6. The van der Waals surface area contributed by atoms with E-state index in [0.29, 0.717) is 10.8 Å². The van der Waals surface area contributed by atoms with Gasteiger partial charge in [0.2, 0.25) is 10.0 Å². The van der Waals surface area contributed by atoms with E-state index in [-0.39, 0.29) is 6.04 Å². The van der Waals surface area contributed by atoms with E-state index in [1.165, 1.54) is 16.2 Å². The van der Waals surface area contributed by atoms with Crippen LogP contribution < -0.4 is 4.72 Å². The number of hydrogen-bond donors (Lipinski definition) is 1. The van der Waals surface area contributed by atoms with Crippen LogP contribution in [0, 0.1) is 6.92 Å². The van der Waals surface area contributed by atoms with Crippen LogP contribution in [0.1, 0.15) is 15.8 Å². The van der Waals surface area contributed by atoms with Crippen molar-refractivity contribution in [1.29, 1.82) is 0 Å². The van der Waals surface area contributed by atoms with Crippen LogP contribution in [0.3, 0.4) is 0 Å². The lowest BCUT2D eigenvalue weighted by atomic mass is 10.2. The highest BCUT2D eigenvalue weighted by atomic mass is 32.2. The Bertz CT molecular complexity index is 747. The zero-order valence-electron chi connectivity index (χ0n) is 13.9. The molecule has 1 N–H and O–H groups in total. The molecular formula is C16H23N3O2S3. The van der Waals surface area contributed by atoms with Crippen molar-refractivity contribution in [2.75, 3.05) is 39.8 Å². The van der Waals surface area contributed by atoms with Crippen molar-refractivity contribution in [1.82, 2.24) is 14.5 Å².